The minimum atomic E-state index is 1.00. The minimum Gasteiger partial charge on any atom is -0.457 e. The number of hydrogen-bond donors (Lipinski definition) is 0. The maximum absolute atomic E-state index is 6.53. The molecule has 0 atom stereocenters. The van der Waals surface area contributed by atoms with Gasteiger partial charge in [0.2, 0.25) is 0 Å². The van der Waals surface area contributed by atoms with E-state index < -0.39 is 0 Å². The van der Waals surface area contributed by atoms with E-state index in [1.165, 1.54) is 140 Å². The second-order valence-corrected chi connectivity index (χ2v) is 11.8. The first-order valence-electron chi connectivity index (χ1n) is 17.3. The number of hydrogen-bond acceptors (Lipinski definition) is 2. The molecule has 1 aliphatic rings. The predicted octanol–water partition coefficient (Wildman–Crippen LogP) is 12.4. The van der Waals surface area contributed by atoms with E-state index in [1.807, 2.05) is 0 Å². The van der Waals surface area contributed by atoms with Crippen molar-refractivity contribution in [3.8, 4) is 11.5 Å². The number of rotatable bonds is 24. The molecule has 0 saturated carbocycles. The van der Waals surface area contributed by atoms with Gasteiger partial charge in [-0.3, -0.25) is 0 Å². The molecule has 0 N–H and O–H groups in total. The lowest BCUT2D eigenvalue weighted by molar-refractivity contribution is 0.466. The lowest BCUT2D eigenvalue weighted by atomic mass is 10.0. The minimum absolute atomic E-state index is 1.00. The van der Waals surface area contributed by atoms with Crippen LogP contribution < -0.4 is 4.74 Å². The van der Waals surface area contributed by atoms with Gasteiger partial charge in [0.05, 0.1) is 13.2 Å². The molecule has 1 aliphatic heterocycles. The van der Waals surface area contributed by atoms with E-state index in [0.29, 0.717) is 0 Å². The lowest BCUT2D eigenvalue weighted by Gasteiger charge is -2.14. The van der Waals surface area contributed by atoms with Crippen molar-refractivity contribution in [1.29, 1.82) is 0 Å². The molecule has 1 heterocycles. The molecule has 1 saturated heterocycles. The highest BCUT2D eigenvalue weighted by atomic mass is 16.6. The molecule has 3 rings (SSSR count). The van der Waals surface area contributed by atoms with E-state index in [-0.39, 0.29) is 0 Å². The molecule has 2 heteroatoms. The average molecular weight is 551 g/mol. The third kappa shape index (κ3) is 18.5. The van der Waals surface area contributed by atoms with Crippen LogP contribution >= 0.6 is 0 Å². The van der Waals surface area contributed by atoms with Crippen LogP contribution in [0.5, 0.6) is 11.5 Å². The third-order valence-electron chi connectivity index (χ3n) is 7.97. The molecule has 0 spiro atoms. The number of unbranched alkanes of at least 4 members (excludes halogenated alkanes) is 18. The maximum atomic E-state index is 6.53. The molecule has 0 amide bonds. The Morgan fingerprint density at radius 2 is 0.750 bits per heavy atom. The molecule has 1 fully saturated rings. The van der Waals surface area contributed by atoms with Crippen molar-refractivity contribution in [2.45, 2.75) is 155 Å². The normalized spacial score (nSPS) is 12.2. The van der Waals surface area contributed by atoms with Gasteiger partial charge in [0.1, 0.15) is 11.5 Å². The number of epoxide rings is 1. The fourth-order valence-corrected chi connectivity index (χ4v) is 5.34. The summed E-state index contributed by atoms with van der Waals surface area (Å²) in [4.78, 5) is 0. The monoisotopic (exact) mass is 550 g/mol. The van der Waals surface area contributed by atoms with Crippen molar-refractivity contribution >= 4 is 0 Å². The summed E-state index contributed by atoms with van der Waals surface area (Å²) in [5.74, 6) is 2.10. The smallest absolute Gasteiger partial charge is 0.130 e. The van der Waals surface area contributed by atoms with Crippen molar-refractivity contribution in [2.24, 2.45) is 0 Å². The molecule has 2 aromatic rings. The molecule has 0 aromatic heterocycles. The van der Waals surface area contributed by atoms with E-state index in [0.717, 1.165) is 37.6 Å². The molecular weight excluding hydrogens is 488 g/mol. The number of para-hydroxylation sites is 2. The Morgan fingerprint density at radius 3 is 1.07 bits per heavy atom. The van der Waals surface area contributed by atoms with E-state index in [2.05, 4.69) is 67.1 Å². The van der Waals surface area contributed by atoms with E-state index in [9.17, 15) is 0 Å². The Kier molecular flexibility index (Phi) is 21.5. The molecule has 0 aliphatic carbocycles. The van der Waals surface area contributed by atoms with E-state index >= 15 is 0 Å². The molecule has 0 bridgehead atoms. The molecule has 226 valence electrons. The zero-order valence-electron chi connectivity index (χ0n) is 26.4. The summed E-state index contributed by atoms with van der Waals surface area (Å²) in [6.45, 7) is 6.59. The second-order valence-electron chi connectivity index (χ2n) is 11.8. The molecular formula is C38H62O2. The molecule has 0 unspecified atom stereocenters. The number of benzene rings is 2. The van der Waals surface area contributed by atoms with Gasteiger partial charge >= 0.3 is 0 Å². The van der Waals surface area contributed by atoms with Crippen LogP contribution in [-0.4, -0.2) is 13.2 Å². The van der Waals surface area contributed by atoms with Crippen LogP contribution in [0.15, 0.2) is 48.5 Å². The van der Waals surface area contributed by atoms with Gasteiger partial charge < -0.3 is 9.47 Å². The standard InChI is InChI=1S/C36H58O.C2H4O/c1-3-5-7-9-11-13-15-17-19-21-27-33-29-23-25-31-35(33)37-36-32-26-24-30-34(36)28-22-20-18-16-14-12-10-8-6-4-2;1-2-3-1/h23-26,29-32H,3-22,27-28H2,1-2H3;1-2H2. The van der Waals surface area contributed by atoms with Crippen LogP contribution in [0.1, 0.15) is 153 Å². The first-order chi connectivity index (χ1) is 19.8. The zero-order valence-corrected chi connectivity index (χ0v) is 26.4. The second kappa shape index (κ2) is 25.0. The van der Waals surface area contributed by atoms with Crippen LogP contribution in [0.4, 0.5) is 0 Å². The van der Waals surface area contributed by atoms with Crippen molar-refractivity contribution in [1.82, 2.24) is 0 Å². The van der Waals surface area contributed by atoms with Crippen molar-refractivity contribution in [2.75, 3.05) is 13.2 Å². The average Bonchev–Trinajstić information content (AvgIpc) is 3.87. The van der Waals surface area contributed by atoms with Crippen molar-refractivity contribution in [3.05, 3.63) is 59.7 Å². The van der Waals surface area contributed by atoms with Gasteiger partial charge in [0.15, 0.2) is 0 Å². The fraction of sp³-hybridized carbons (Fsp3) is 0.684. The Morgan fingerprint density at radius 1 is 0.450 bits per heavy atom. The van der Waals surface area contributed by atoms with Crippen LogP contribution in [0, 0.1) is 0 Å². The first-order valence-corrected chi connectivity index (χ1v) is 17.3. The molecule has 40 heavy (non-hydrogen) atoms. The van der Waals surface area contributed by atoms with Crippen molar-refractivity contribution < 1.29 is 9.47 Å². The summed E-state index contributed by atoms with van der Waals surface area (Å²) in [5.41, 5.74) is 2.71. The summed E-state index contributed by atoms with van der Waals surface area (Å²) < 4.78 is 11.0. The Hall–Kier alpha value is -1.80. The van der Waals surface area contributed by atoms with E-state index in [1.54, 1.807) is 0 Å². The topological polar surface area (TPSA) is 21.8 Å². The first kappa shape index (κ1) is 34.4. The Balaban J connectivity index is 0.00000174. The maximum Gasteiger partial charge on any atom is 0.130 e. The Labute approximate surface area is 248 Å². The SMILES string of the molecule is C1CO1.CCCCCCCCCCCCc1ccccc1Oc1ccccc1CCCCCCCCCCCC. The lowest BCUT2D eigenvalue weighted by Crippen LogP contribution is -1.96. The molecule has 2 aromatic carbocycles. The van der Waals surface area contributed by atoms with Crippen molar-refractivity contribution in [3.63, 3.8) is 0 Å². The van der Waals surface area contributed by atoms with Crippen LogP contribution in [-0.2, 0) is 17.6 Å². The van der Waals surface area contributed by atoms with Gasteiger partial charge in [-0.05, 0) is 48.9 Å². The van der Waals surface area contributed by atoms with Gasteiger partial charge in [0.25, 0.3) is 0 Å². The fourth-order valence-electron chi connectivity index (χ4n) is 5.34. The summed E-state index contributed by atoms with van der Waals surface area (Å²) >= 11 is 0. The van der Waals surface area contributed by atoms with Crippen LogP contribution in [0.2, 0.25) is 0 Å². The predicted molar refractivity (Wildman–Crippen MR) is 175 cm³/mol. The van der Waals surface area contributed by atoms with Gasteiger partial charge in [-0.15, -0.1) is 0 Å². The van der Waals surface area contributed by atoms with Gasteiger partial charge in [-0.25, -0.2) is 0 Å². The summed E-state index contributed by atoms with van der Waals surface area (Å²) in [7, 11) is 0. The van der Waals surface area contributed by atoms with Crippen LogP contribution in [0.3, 0.4) is 0 Å². The summed E-state index contributed by atoms with van der Waals surface area (Å²) in [6, 6.07) is 17.4. The molecule has 0 radical (unpaired) electrons. The quantitative estimate of drug-likeness (QED) is 0.0957. The zero-order chi connectivity index (χ0) is 28.4. The summed E-state index contributed by atoms with van der Waals surface area (Å²) in [6.07, 6.45) is 29.9. The Bertz CT molecular complexity index is 759. The molecule has 2 nitrogen and oxygen atoms in total. The van der Waals surface area contributed by atoms with Crippen LogP contribution in [0.25, 0.3) is 0 Å². The highest BCUT2D eigenvalue weighted by molar-refractivity contribution is 5.41. The third-order valence-corrected chi connectivity index (χ3v) is 7.97. The highest BCUT2D eigenvalue weighted by Gasteiger charge is 2.08. The summed E-state index contributed by atoms with van der Waals surface area (Å²) in [5, 5.41) is 0. The van der Waals surface area contributed by atoms with Gasteiger partial charge in [-0.1, -0.05) is 166 Å². The highest BCUT2D eigenvalue weighted by Crippen LogP contribution is 2.30. The van der Waals surface area contributed by atoms with Gasteiger partial charge in [-0.2, -0.15) is 0 Å². The number of ether oxygens (including phenoxy) is 2. The van der Waals surface area contributed by atoms with E-state index in [4.69, 9.17) is 4.74 Å². The number of aryl methyl sites for hydroxylation is 2. The van der Waals surface area contributed by atoms with Gasteiger partial charge in [0, 0.05) is 0 Å². The largest absolute Gasteiger partial charge is 0.457 e.